The Balaban J connectivity index is 2.32. The molecule has 1 aromatic carbocycles. The molecule has 0 saturated carbocycles. The first kappa shape index (κ1) is 17.5. The Labute approximate surface area is 150 Å². The van der Waals surface area contributed by atoms with Crippen molar-refractivity contribution in [2.75, 3.05) is 6.61 Å². The standard InChI is InChI=1S/C16H14BrFINO2/c17-16-8-13(15(22)2-1-5-21)11(9-20-16)6-10-3-4-12(19)7-14(10)18/h3-4,7-9,21H,1-2,5-6H2. The van der Waals surface area contributed by atoms with Crippen molar-refractivity contribution in [3.05, 3.63) is 61.1 Å². The molecule has 0 aliphatic rings. The van der Waals surface area contributed by atoms with Crippen molar-refractivity contribution >= 4 is 44.3 Å². The Hall–Kier alpha value is -0.860. The van der Waals surface area contributed by atoms with E-state index < -0.39 is 0 Å². The molecular formula is C16H14BrFINO2. The van der Waals surface area contributed by atoms with E-state index in [1.54, 1.807) is 18.3 Å². The van der Waals surface area contributed by atoms with E-state index in [2.05, 4.69) is 43.5 Å². The van der Waals surface area contributed by atoms with E-state index in [1.165, 1.54) is 6.07 Å². The summed E-state index contributed by atoms with van der Waals surface area (Å²) < 4.78 is 15.4. The van der Waals surface area contributed by atoms with Crippen LogP contribution in [0.2, 0.25) is 0 Å². The summed E-state index contributed by atoms with van der Waals surface area (Å²) in [6.07, 6.45) is 2.57. The zero-order chi connectivity index (χ0) is 16.1. The fraction of sp³-hybridized carbons (Fsp3) is 0.250. The maximum atomic E-state index is 14.0. The van der Waals surface area contributed by atoms with Crippen molar-refractivity contribution in [1.82, 2.24) is 4.98 Å². The molecule has 116 valence electrons. The Morgan fingerprint density at radius 1 is 1.32 bits per heavy atom. The number of ketones is 1. The Kier molecular flexibility index (Phi) is 6.46. The lowest BCUT2D eigenvalue weighted by molar-refractivity contribution is 0.0970. The van der Waals surface area contributed by atoms with Gasteiger partial charge in [0, 0.05) is 34.8 Å². The zero-order valence-electron chi connectivity index (χ0n) is 11.7. The number of aromatic nitrogens is 1. The van der Waals surface area contributed by atoms with E-state index in [9.17, 15) is 9.18 Å². The van der Waals surface area contributed by atoms with Gasteiger partial charge in [0.2, 0.25) is 0 Å². The molecule has 1 aromatic heterocycles. The Morgan fingerprint density at radius 2 is 2.09 bits per heavy atom. The van der Waals surface area contributed by atoms with E-state index >= 15 is 0 Å². The largest absolute Gasteiger partial charge is 0.396 e. The van der Waals surface area contributed by atoms with Crippen LogP contribution in [0.25, 0.3) is 0 Å². The smallest absolute Gasteiger partial charge is 0.163 e. The molecular weight excluding hydrogens is 464 g/mol. The minimum atomic E-state index is -0.288. The highest BCUT2D eigenvalue weighted by Crippen LogP contribution is 2.21. The molecule has 0 amide bonds. The summed E-state index contributed by atoms with van der Waals surface area (Å²) in [5.41, 5.74) is 1.74. The average molecular weight is 478 g/mol. The van der Waals surface area contributed by atoms with Crippen molar-refractivity contribution in [2.45, 2.75) is 19.3 Å². The molecule has 0 aliphatic carbocycles. The van der Waals surface area contributed by atoms with Crippen molar-refractivity contribution in [3.63, 3.8) is 0 Å². The van der Waals surface area contributed by atoms with Crippen LogP contribution in [0.5, 0.6) is 0 Å². The summed E-state index contributed by atoms with van der Waals surface area (Å²) in [5, 5.41) is 8.86. The number of rotatable bonds is 6. The number of nitrogens with zero attached hydrogens (tertiary/aromatic N) is 1. The topological polar surface area (TPSA) is 50.2 Å². The lowest BCUT2D eigenvalue weighted by atomic mass is 9.97. The van der Waals surface area contributed by atoms with E-state index in [1.807, 2.05) is 6.07 Å². The number of halogens is 3. The minimum Gasteiger partial charge on any atom is -0.396 e. The second kappa shape index (κ2) is 8.12. The van der Waals surface area contributed by atoms with Crippen molar-refractivity contribution in [1.29, 1.82) is 0 Å². The second-order valence-electron chi connectivity index (χ2n) is 4.83. The van der Waals surface area contributed by atoms with Gasteiger partial charge in [0.05, 0.1) is 0 Å². The van der Waals surface area contributed by atoms with Crippen LogP contribution in [0.4, 0.5) is 4.39 Å². The molecule has 0 unspecified atom stereocenters. The molecule has 2 aromatic rings. The number of carbonyl (C=O) groups excluding carboxylic acids is 1. The predicted octanol–water partition coefficient (Wildman–Crippen LogP) is 4.13. The molecule has 0 aliphatic heterocycles. The van der Waals surface area contributed by atoms with E-state index in [4.69, 9.17) is 5.11 Å². The van der Waals surface area contributed by atoms with Gasteiger partial charge in [-0.2, -0.15) is 0 Å². The van der Waals surface area contributed by atoms with Gasteiger partial charge in [-0.3, -0.25) is 4.79 Å². The third-order valence-electron chi connectivity index (χ3n) is 3.21. The number of hydrogen-bond acceptors (Lipinski definition) is 3. The maximum Gasteiger partial charge on any atom is 0.163 e. The predicted molar refractivity (Wildman–Crippen MR) is 94.5 cm³/mol. The Morgan fingerprint density at radius 3 is 2.77 bits per heavy atom. The quantitative estimate of drug-likeness (QED) is 0.386. The van der Waals surface area contributed by atoms with Gasteiger partial charge in [-0.15, -0.1) is 0 Å². The molecule has 0 saturated heterocycles. The molecule has 6 heteroatoms. The average Bonchev–Trinajstić information content (AvgIpc) is 2.49. The molecule has 0 bridgehead atoms. The molecule has 0 fully saturated rings. The van der Waals surface area contributed by atoms with Crippen LogP contribution >= 0.6 is 38.5 Å². The van der Waals surface area contributed by atoms with Crippen LogP contribution in [0, 0.1) is 9.39 Å². The van der Waals surface area contributed by atoms with Crippen LogP contribution in [0.15, 0.2) is 35.1 Å². The van der Waals surface area contributed by atoms with Gasteiger partial charge in [0.15, 0.2) is 5.78 Å². The number of hydrogen-bond donors (Lipinski definition) is 1. The lowest BCUT2D eigenvalue weighted by Gasteiger charge is -2.10. The number of aliphatic hydroxyl groups is 1. The molecule has 0 spiro atoms. The third kappa shape index (κ3) is 4.57. The number of aliphatic hydroxyl groups excluding tert-OH is 1. The monoisotopic (exact) mass is 477 g/mol. The lowest BCUT2D eigenvalue weighted by Crippen LogP contribution is -2.07. The molecule has 22 heavy (non-hydrogen) atoms. The van der Waals surface area contributed by atoms with Gasteiger partial charge in [0.25, 0.3) is 0 Å². The molecule has 0 radical (unpaired) electrons. The summed E-state index contributed by atoms with van der Waals surface area (Å²) in [6, 6.07) is 6.68. The first-order chi connectivity index (χ1) is 10.5. The second-order valence-corrected chi connectivity index (χ2v) is 6.89. The third-order valence-corrected chi connectivity index (χ3v) is 4.32. The summed E-state index contributed by atoms with van der Waals surface area (Å²) in [4.78, 5) is 16.4. The van der Waals surface area contributed by atoms with Gasteiger partial charge in [-0.1, -0.05) is 6.07 Å². The highest BCUT2D eigenvalue weighted by atomic mass is 127. The summed E-state index contributed by atoms with van der Waals surface area (Å²) in [6.45, 7) is -0.0287. The number of benzene rings is 1. The van der Waals surface area contributed by atoms with E-state index in [0.717, 1.165) is 3.57 Å². The van der Waals surface area contributed by atoms with Gasteiger partial charge < -0.3 is 5.11 Å². The van der Waals surface area contributed by atoms with Crippen LogP contribution in [0.1, 0.15) is 34.3 Å². The maximum absolute atomic E-state index is 14.0. The number of pyridine rings is 1. The van der Waals surface area contributed by atoms with Crippen LogP contribution in [-0.2, 0) is 6.42 Å². The fourth-order valence-corrected chi connectivity index (χ4v) is 2.89. The first-order valence-corrected chi connectivity index (χ1v) is 8.61. The SMILES string of the molecule is O=C(CCCO)c1cc(Br)ncc1Cc1ccc(I)cc1F. The van der Waals surface area contributed by atoms with Crippen molar-refractivity contribution in [3.8, 4) is 0 Å². The van der Waals surface area contributed by atoms with Gasteiger partial charge in [-0.05, 0) is 74.3 Å². The van der Waals surface area contributed by atoms with Crippen LogP contribution in [-0.4, -0.2) is 22.5 Å². The van der Waals surface area contributed by atoms with Crippen molar-refractivity contribution < 1.29 is 14.3 Å². The molecule has 0 atom stereocenters. The summed E-state index contributed by atoms with van der Waals surface area (Å²) >= 11 is 5.31. The number of Topliss-reactive ketones (excluding diaryl/α,β-unsaturated/α-hetero) is 1. The fourth-order valence-electron chi connectivity index (χ4n) is 2.10. The van der Waals surface area contributed by atoms with Crippen LogP contribution in [0.3, 0.4) is 0 Å². The molecule has 3 nitrogen and oxygen atoms in total. The number of carbonyl (C=O) groups is 1. The Bertz CT molecular complexity index is 694. The van der Waals surface area contributed by atoms with Crippen LogP contribution < -0.4 is 0 Å². The summed E-state index contributed by atoms with van der Waals surface area (Å²) in [5.74, 6) is -0.360. The minimum absolute atomic E-state index is 0.0287. The highest BCUT2D eigenvalue weighted by Gasteiger charge is 2.14. The zero-order valence-corrected chi connectivity index (χ0v) is 15.4. The first-order valence-electron chi connectivity index (χ1n) is 6.73. The van der Waals surface area contributed by atoms with Gasteiger partial charge in [-0.25, -0.2) is 9.37 Å². The molecule has 2 rings (SSSR count). The van der Waals surface area contributed by atoms with Gasteiger partial charge in [0.1, 0.15) is 10.4 Å². The molecule has 1 N–H and O–H groups in total. The van der Waals surface area contributed by atoms with Gasteiger partial charge >= 0.3 is 0 Å². The van der Waals surface area contributed by atoms with E-state index in [0.29, 0.717) is 34.1 Å². The highest BCUT2D eigenvalue weighted by molar-refractivity contribution is 14.1. The van der Waals surface area contributed by atoms with E-state index in [-0.39, 0.29) is 24.6 Å². The molecule has 1 heterocycles. The van der Waals surface area contributed by atoms with Crippen molar-refractivity contribution in [2.24, 2.45) is 0 Å². The summed E-state index contributed by atoms with van der Waals surface area (Å²) in [7, 11) is 0. The normalized spacial score (nSPS) is 10.7.